The van der Waals surface area contributed by atoms with Crippen LogP contribution in [0.5, 0.6) is 0 Å². The molecule has 0 amide bonds. The largest absolute Gasteiger partial charge is 0.228 e. The number of rotatable bonds is 0. The van der Waals surface area contributed by atoms with Gasteiger partial charge in [-0.2, -0.15) is 0 Å². The highest BCUT2D eigenvalue weighted by Gasteiger charge is 2.01. The zero-order chi connectivity index (χ0) is 7.84. The Kier molecular flexibility index (Phi) is 1.83. The monoisotopic (exact) mass is 248 g/mol. The Morgan fingerprint density at radius 2 is 2.18 bits per heavy atom. The Bertz CT molecular complexity index is 400. The van der Waals surface area contributed by atoms with Crippen molar-refractivity contribution in [2.24, 2.45) is 0 Å². The molecule has 2 aromatic heterocycles. The van der Waals surface area contributed by atoms with Crippen LogP contribution in [0.15, 0.2) is 16.7 Å². The van der Waals surface area contributed by atoms with E-state index in [9.17, 15) is 0 Å². The van der Waals surface area contributed by atoms with E-state index >= 15 is 0 Å². The molecule has 0 aliphatic heterocycles. The van der Waals surface area contributed by atoms with Crippen molar-refractivity contribution in [1.82, 2.24) is 9.97 Å². The molecule has 0 bridgehead atoms. The van der Waals surface area contributed by atoms with Crippen LogP contribution in [-0.4, -0.2) is 9.97 Å². The molecule has 0 unspecified atom stereocenters. The third kappa shape index (κ3) is 1.38. The zero-order valence-corrected chi connectivity index (χ0v) is 8.37. The Balaban J connectivity index is 2.82. The van der Waals surface area contributed by atoms with E-state index in [1.54, 1.807) is 0 Å². The molecule has 0 aliphatic carbocycles. The fourth-order valence-corrected chi connectivity index (χ4v) is 2.17. The lowest BCUT2D eigenvalue weighted by molar-refractivity contribution is 1.36. The number of pyridine rings is 1. The summed E-state index contributed by atoms with van der Waals surface area (Å²) >= 11 is 10.3. The molecule has 0 saturated heterocycles. The van der Waals surface area contributed by atoms with Gasteiger partial charge in [0.25, 0.3) is 0 Å². The van der Waals surface area contributed by atoms with E-state index in [0.717, 1.165) is 15.0 Å². The molecule has 0 spiro atoms. The average molecular weight is 250 g/mol. The minimum absolute atomic E-state index is 0.533. The summed E-state index contributed by atoms with van der Waals surface area (Å²) in [5.41, 5.74) is 0.850. The van der Waals surface area contributed by atoms with Crippen LogP contribution in [0.3, 0.4) is 0 Å². The van der Waals surface area contributed by atoms with Crippen LogP contribution in [0.25, 0.3) is 10.3 Å². The molecule has 0 N–H and O–H groups in total. The van der Waals surface area contributed by atoms with E-state index < -0.39 is 0 Å². The summed E-state index contributed by atoms with van der Waals surface area (Å²) < 4.78 is 1.34. The second-order valence-corrected chi connectivity index (χ2v) is 4.30. The second kappa shape index (κ2) is 2.69. The van der Waals surface area contributed by atoms with Crippen LogP contribution in [-0.2, 0) is 0 Å². The maximum absolute atomic E-state index is 5.69. The highest BCUT2D eigenvalue weighted by Crippen LogP contribution is 2.24. The molecule has 0 saturated carbocycles. The minimum atomic E-state index is 0.533. The highest BCUT2D eigenvalue weighted by atomic mass is 79.9. The van der Waals surface area contributed by atoms with Crippen molar-refractivity contribution < 1.29 is 0 Å². The van der Waals surface area contributed by atoms with Gasteiger partial charge in [-0.15, -0.1) is 0 Å². The first-order chi connectivity index (χ1) is 5.25. The van der Waals surface area contributed by atoms with Crippen LogP contribution in [0.1, 0.15) is 0 Å². The van der Waals surface area contributed by atoms with Gasteiger partial charge >= 0.3 is 0 Å². The number of thiazole rings is 1. The predicted octanol–water partition coefficient (Wildman–Crippen LogP) is 3.11. The number of aromatic nitrogens is 2. The van der Waals surface area contributed by atoms with E-state index in [1.165, 1.54) is 11.3 Å². The molecule has 0 aliphatic rings. The molecule has 0 radical (unpaired) electrons. The second-order valence-electron chi connectivity index (χ2n) is 1.93. The molecule has 0 aromatic carbocycles. The first-order valence-electron chi connectivity index (χ1n) is 2.84. The van der Waals surface area contributed by atoms with Gasteiger partial charge in [0, 0.05) is 0 Å². The average Bonchev–Trinajstić information content (AvgIpc) is 2.27. The summed E-state index contributed by atoms with van der Waals surface area (Å²) in [6.07, 6.45) is 0. The predicted molar refractivity (Wildman–Crippen MR) is 50.1 cm³/mol. The maximum Gasteiger partial charge on any atom is 0.186 e. The summed E-state index contributed by atoms with van der Waals surface area (Å²) in [5, 5.41) is 0. The Hall–Kier alpha value is -0.190. The van der Waals surface area contributed by atoms with Crippen molar-refractivity contribution in [2.45, 2.75) is 0 Å². The van der Waals surface area contributed by atoms with E-state index in [1.807, 2.05) is 12.1 Å². The molecule has 0 atom stereocenters. The SMILES string of the molecule is Clc1nc2ccc(Br)nc2s1. The maximum atomic E-state index is 5.69. The first-order valence-corrected chi connectivity index (χ1v) is 4.83. The molecular formula is C6H2BrClN2S. The number of hydrogen-bond acceptors (Lipinski definition) is 3. The number of hydrogen-bond donors (Lipinski definition) is 0. The van der Waals surface area contributed by atoms with Gasteiger partial charge in [-0.3, -0.25) is 0 Å². The number of halogens is 2. The van der Waals surface area contributed by atoms with Crippen LogP contribution >= 0.6 is 38.9 Å². The fourth-order valence-electron chi connectivity index (χ4n) is 0.768. The number of nitrogens with zero attached hydrogens (tertiary/aromatic N) is 2. The van der Waals surface area contributed by atoms with Gasteiger partial charge in [-0.05, 0) is 28.1 Å². The topological polar surface area (TPSA) is 25.8 Å². The normalized spacial score (nSPS) is 10.7. The Labute approximate surface area is 80.4 Å². The molecule has 56 valence electrons. The third-order valence-electron chi connectivity index (χ3n) is 1.20. The Morgan fingerprint density at radius 1 is 1.36 bits per heavy atom. The summed E-state index contributed by atoms with van der Waals surface area (Å²) in [7, 11) is 0. The summed E-state index contributed by atoms with van der Waals surface area (Å²) in [6.45, 7) is 0. The summed E-state index contributed by atoms with van der Waals surface area (Å²) in [6, 6.07) is 3.73. The molecule has 2 aromatic rings. The smallest absolute Gasteiger partial charge is 0.186 e. The van der Waals surface area contributed by atoms with E-state index in [2.05, 4.69) is 25.9 Å². The lowest BCUT2D eigenvalue weighted by Gasteiger charge is -1.86. The van der Waals surface area contributed by atoms with Crippen molar-refractivity contribution in [2.75, 3.05) is 0 Å². The van der Waals surface area contributed by atoms with Gasteiger partial charge in [0.15, 0.2) is 4.47 Å². The van der Waals surface area contributed by atoms with Gasteiger partial charge in [-0.25, -0.2) is 9.97 Å². The van der Waals surface area contributed by atoms with Crippen LogP contribution in [0, 0.1) is 0 Å². The van der Waals surface area contributed by atoms with Crippen molar-refractivity contribution in [3.63, 3.8) is 0 Å². The standard InChI is InChI=1S/C6H2BrClN2S/c7-4-2-1-3-5(10-4)11-6(8)9-3/h1-2H. The molecule has 2 nitrogen and oxygen atoms in total. The van der Waals surface area contributed by atoms with E-state index in [0.29, 0.717) is 4.47 Å². The molecule has 11 heavy (non-hydrogen) atoms. The van der Waals surface area contributed by atoms with Crippen molar-refractivity contribution in [1.29, 1.82) is 0 Å². The number of fused-ring (bicyclic) bond motifs is 1. The van der Waals surface area contributed by atoms with Gasteiger partial charge in [-0.1, -0.05) is 22.9 Å². The zero-order valence-electron chi connectivity index (χ0n) is 5.21. The summed E-state index contributed by atoms with van der Waals surface area (Å²) in [4.78, 5) is 9.10. The van der Waals surface area contributed by atoms with Gasteiger partial charge in [0.2, 0.25) is 0 Å². The van der Waals surface area contributed by atoms with Crippen LogP contribution in [0.2, 0.25) is 4.47 Å². The van der Waals surface area contributed by atoms with Crippen molar-refractivity contribution >= 4 is 49.2 Å². The van der Waals surface area contributed by atoms with Crippen LogP contribution < -0.4 is 0 Å². The van der Waals surface area contributed by atoms with Gasteiger partial charge < -0.3 is 0 Å². The Morgan fingerprint density at radius 3 is 3.00 bits per heavy atom. The lowest BCUT2D eigenvalue weighted by atomic mass is 10.5. The molecule has 0 fully saturated rings. The molecular weight excluding hydrogens is 248 g/mol. The quantitative estimate of drug-likeness (QED) is 0.671. The van der Waals surface area contributed by atoms with Crippen molar-refractivity contribution in [3.05, 3.63) is 21.2 Å². The highest BCUT2D eigenvalue weighted by molar-refractivity contribution is 9.10. The molecule has 2 rings (SSSR count). The van der Waals surface area contributed by atoms with E-state index in [-0.39, 0.29) is 0 Å². The van der Waals surface area contributed by atoms with Gasteiger partial charge in [0.05, 0.1) is 0 Å². The lowest BCUT2D eigenvalue weighted by Crippen LogP contribution is -1.73. The van der Waals surface area contributed by atoms with E-state index in [4.69, 9.17) is 11.6 Å². The van der Waals surface area contributed by atoms with Crippen molar-refractivity contribution in [3.8, 4) is 0 Å². The summed E-state index contributed by atoms with van der Waals surface area (Å²) in [5.74, 6) is 0. The first kappa shape index (κ1) is 7.46. The molecule has 2 heterocycles. The third-order valence-corrected chi connectivity index (χ3v) is 2.71. The van der Waals surface area contributed by atoms with Gasteiger partial charge in [0.1, 0.15) is 15.0 Å². The fraction of sp³-hybridized carbons (Fsp3) is 0. The minimum Gasteiger partial charge on any atom is -0.228 e. The van der Waals surface area contributed by atoms with Crippen LogP contribution in [0.4, 0.5) is 0 Å². The molecule has 5 heteroatoms.